The SMILES string of the molecule is CC1(C)CC[C@]2(n3cc(CO)nn3)CC[C@]3(C)[C@H](C(=O)C=C4[C@@]5(C)C=C(C#N)C(=O)C(C)(C)C5CC[C@]43C)C2C1. The van der Waals surface area contributed by atoms with Crippen molar-refractivity contribution in [2.45, 2.75) is 106 Å². The van der Waals surface area contributed by atoms with E-state index in [2.05, 4.69) is 51.0 Å². The van der Waals surface area contributed by atoms with Crippen LogP contribution in [0.4, 0.5) is 0 Å². The van der Waals surface area contributed by atoms with Gasteiger partial charge in [0.1, 0.15) is 11.8 Å². The van der Waals surface area contributed by atoms with Gasteiger partial charge >= 0.3 is 0 Å². The predicted octanol–water partition coefficient (Wildman–Crippen LogP) is 5.70. The lowest BCUT2D eigenvalue weighted by Crippen LogP contribution is -2.66. The van der Waals surface area contributed by atoms with Gasteiger partial charge in [0, 0.05) is 16.7 Å². The molecule has 1 N–H and O–H groups in total. The van der Waals surface area contributed by atoms with Crippen molar-refractivity contribution in [2.24, 2.45) is 44.8 Å². The fourth-order valence-electron chi connectivity index (χ4n) is 10.6. The second kappa shape index (κ2) is 8.25. The number of nitriles is 1. The smallest absolute Gasteiger partial charge is 0.178 e. The lowest BCUT2D eigenvalue weighted by molar-refractivity contribution is -0.169. The third-order valence-corrected chi connectivity index (χ3v) is 13.0. The van der Waals surface area contributed by atoms with Crippen LogP contribution in [0, 0.1) is 56.2 Å². The molecule has 2 unspecified atom stereocenters. The molecule has 40 heavy (non-hydrogen) atoms. The summed E-state index contributed by atoms with van der Waals surface area (Å²) >= 11 is 0. The first-order valence-corrected chi connectivity index (χ1v) is 15.1. The zero-order valence-electron chi connectivity index (χ0n) is 25.2. The van der Waals surface area contributed by atoms with Crippen LogP contribution < -0.4 is 0 Å². The highest BCUT2D eigenvalue weighted by Crippen LogP contribution is 2.74. The molecule has 1 aromatic rings. The molecule has 1 aromatic heterocycles. The third kappa shape index (κ3) is 3.26. The monoisotopic (exact) mass is 544 g/mol. The van der Waals surface area contributed by atoms with Gasteiger partial charge < -0.3 is 5.11 Å². The molecule has 6 rings (SSSR count). The summed E-state index contributed by atoms with van der Waals surface area (Å²) in [5, 5.41) is 28.5. The average molecular weight is 545 g/mol. The molecule has 0 saturated heterocycles. The van der Waals surface area contributed by atoms with Crippen molar-refractivity contribution >= 4 is 11.6 Å². The number of allylic oxidation sites excluding steroid dienone is 4. The lowest BCUT2D eigenvalue weighted by atomic mass is 9.35. The Morgan fingerprint density at radius 3 is 2.40 bits per heavy atom. The fraction of sp³-hybridized carbons (Fsp3) is 0.727. The number of carbonyl (C=O) groups is 2. The van der Waals surface area contributed by atoms with Gasteiger partial charge in [0.15, 0.2) is 11.6 Å². The van der Waals surface area contributed by atoms with E-state index in [1.165, 1.54) is 0 Å². The lowest BCUT2D eigenvalue weighted by Gasteiger charge is -2.69. The Morgan fingerprint density at radius 2 is 1.75 bits per heavy atom. The van der Waals surface area contributed by atoms with Crippen LogP contribution in [-0.4, -0.2) is 31.7 Å². The molecule has 3 saturated carbocycles. The summed E-state index contributed by atoms with van der Waals surface area (Å²) in [5.74, 6) is 0.0995. The zero-order chi connectivity index (χ0) is 29.1. The van der Waals surface area contributed by atoms with Crippen LogP contribution in [0.1, 0.15) is 99.1 Å². The molecule has 5 aliphatic carbocycles. The Kier molecular flexibility index (Phi) is 5.68. The molecule has 7 heteroatoms. The van der Waals surface area contributed by atoms with Crippen molar-refractivity contribution in [3.8, 4) is 6.07 Å². The van der Waals surface area contributed by atoms with E-state index >= 15 is 0 Å². The van der Waals surface area contributed by atoms with Gasteiger partial charge in [0.25, 0.3) is 0 Å². The number of hydrogen-bond donors (Lipinski definition) is 1. The van der Waals surface area contributed by atoms with Crippen molar-refractivity contribution in [1.82, 2.24) is 15.0 Å². The van der Waals surface area contributed by atoms with Crippen molar-refractivity contribution in [3.63, 3.8) is 0 Å². The molecule has 0 amide bonds. The topological polar surface area (TPSA) is 109 Å². The Balaban J connectivity index is 1.53. The zero-order valence-corrected chi connectivity index (χ0v) is 25.2. The summed E-state index contributed by atoms with van der Waals surface area (Å²) in [6, 6.07) is 2.19. The largest absolute Gasteiger partial charge is 0.390 e. The molecular weight excluding hydrogens is 500 g/mol. The Bertz CT molecular complexity index is 1410. The maximum Gasteiger partial charge on any atom is 0.178 e. The van der Waals surface area contributed by atoms with Crippen LogP contribution in [0.2, 0.25) is 0 Å². The molecule has 214 valence electrons. The number of aliphatic hydroxyl groups is 1. The Morgan fingerprint density at radius 1 is 1.05 bits per heavy atom. The van der Waals surface area contributed by atoms with Gasteiger partial charge in [0.2, 0.25) is 0 Å². The van der Waals surface area contributed by atoms with Crippen LogP contribution in [0.3, 0.4) is 0 Å². The van der Waals surface area contributed by atoms with Gasteiger partial charge in [-0.25, -0.2) is 4.68 Å². The van der Waals surface area contributed by atoms with Crippen molar-refractivity contribution < 1.29 is 14.7 Å². The number of aliphatic hydroxyl groups excluding tert-OH is 1. The summed E-state index contributed by atoms with van der Waals surface area (Å²) in [5.41, 5.74) is 0.0381. The molecule has 7 nitrogen and oxygen atoms in total. The Hall–Kier alpha value is -2.59. The Labute approximate surface area is 238 Å². The van der Waals surface area contributed by atoms with E-state index < -0.39 is 10.8 Å². The first-order valence-electron chi connectivity index (χ1n) is 15.1. The van der Waals surface area contributed by atoms with E-state index in [0.717, 1.165) is 50.5 Å². The summed E-state index contributed by atoms with van der Waals surface area (Å²) in [6.45, 7) is 15.4. The number of fused-ring (bicyclic) bond motifs is 7. The first-order chi connectivity index (χ1) is 18.6. The summed E-state index contributed by atoms with van der Waals surface area (Å²) in [4.78, 5) is 27.9. The van der Waals surface area contributed by atoms with E-state index in [9.17, 15) is 20.0 Å². The maximum absolute atomic E-state index is 14.6. The van der Waals surface area contributed by atoms with Crippen LogP contribution in [-0.2, 0) is 21.7 Å². The molecule has 0 bridgehead atoms. The molecule has 3 fully saturated rings. The predicted molar refractivity (Wildman–Crippen MR) is 150 cm³/mol. The highest BCUT2D eigenvalue weighted by Gasteiger charge is 2.70. The second-order valence-electron chi connectivity index (χ2n) is 15.7. The highest BCUT2D eigenvalue weighted by atomic mass is 16.3. The number of nitrogens with zero attached hydrogens (tertiary/aromatic N) is 4. The van der Waals surface area contributed by atoms with Gasteiger partial charge in [-0.2, -0.15) is 5.26 Å². The molecule has 0 radical (unpaired) electrons. The summed E-state index contributed by atoms with van der Waals surface area (Å²) < 4.78 is 2.00. The number of hydrogen-bond acceptors (Lipinski definition) is 6. The van der Waals surface area contributed by atoms with Crippen molar-refractivity contribution in [2.75, 3.05) is 0 Å². The van der Waals surface area contributed by atoms with Crippen LogP contribution in [0.15, 0.2) is 29.5 Å². The standard InChI is InChI=1S/C33H44N4O3/c1-28(2)10-12-33(37-18-21(19-38)35-36-37)13-11-32(7)26(22(33)16-28)23(39)14-25-30(5)15-20(17-34)27(40)29(3,4)24(30)8-9-31(25,32)6/h14-15,18,22,24,26,38H,8-13,16,19H2,1-7H3/t22?,24?,26-,30-,31+,32+,33-/m0/s1. The van der Waals surface area contributed by atoms with E-state index in [1.54, 1.807) is 0 Å². The molecule has 7 atom stereocenters. The summed E-state index contributed by atoms with van der Waals surface area (Å²) in [6.07, 6.45) is 12.3. The number of ketones is 2. The number of carbonyl (C=O) groups excluding carboxylic acids is 2. The van der Waals surface area contributed by atoms with Crippen LogP contribution >= 0.6 is 0 Å². The number of aromatic nitrogens is 3. The van der Waals surface area contributed by atoms with Crippen molar-refractivity contribution in [3.05, 3.63) is 35.2 Å². The van der Waals surface area contributed by atoms with Gasteiger partial charge in [-0.05, 0) is 79.1 Å². The van der Waals surface area contributed by atoms with E-state index in [1.807, 2.05) is 36.9 Å². The quantitative estimate of drug-likeness (QED) is 0.512. The number of Topliss-reactive ketones (excluding diaryl/α,β-unsaturated/α-hetero) is 1. The second-order valence-corrected chi connectivity index (χ2v) is 15.7. The first kappa shape index (κ1) is 27.6. The minimum absolute atomic E-state index is 0.0419. The minimum atomic E-state index is -0.663. The minimum Gasteiger partial charge on any atom is -0.390 e. The van der Waals surface area contributed by atoms with E-state index in [-0.39, 0.29) is 63.3 Å². The molecular formula is C33H44N4O3. The van der Waals surface area contributed by atoms with E-state index in [0.29, 0.717) is 5.69 Å². The molecule has 1 heterocycles. The summed E-state index contributed by atoms with van der Waals surface area (Å²) in [7, 11) is 0. The average Bonchev–Trinajstić information content (AvgIpc) is 3.37. The normalized spacial score (nSPS) is 43.3. The number of rotatable bonds is 2. The van der Waals surface area contributed by atoms with Gasteiger partial charge in [-0.3, -0.25) is 9.59 Å². The molecule has 5 aliphatic rings. The van der Waals surface area contributed by atoms with Gasteiger partial charge in [0.05, 0.1) is 23.9 Å². The van der Waals surface area contributed by atoms with Crippen LogP contribution in [0.25, 0.3) is 0 Å². The fourth-order valence-corrected chi connectivity index (χ4v) is 10.6. The highest BCUT2D eigenvalue weighted by molar-refractivity contribution is 6.04. The molecule has 0 aromatic carbocycles. The van der Waals surface area contributed by atoms with Crippen molar-refractivity contribution in [1.29, 1.82) is 5.26 Å². The van der Waals surface area contributed by atoms with E-state index in [4.69, 9.17) is 0 Å². The third-order valence-electron chi connectivity index (χ3n) is 13.0. The molecule has 0 spiro atoms. The van der Waals surface area contributed by atoms with Gasteiger partial charge in [-0.15, -0.1) is 5.10 Å². The molecule has 0 aliphatic heterocycles. The van der Waals surface area contributed by atoms with Gasteiger partial charge in [-0.1, -0.05) is 65.3 Å². The van der Waals surface area contributed by atoms with Crippen LogP contribution in [0.5, 0.6) is 0 Å². The maximum atomic E-state index is 14.6.